The van der Waals surface area contributed by atoms with Gasteiger partial charge in [-0.2, -0.15) is 0 Å². The number of hydrogen-bond acceptors (Lipinski definition) is 5. The second-order valence-corrected chi connectivity index (χ2v) is 6.63. The molecule has 0 saturated heterocycles. The lowest BCUT2D eigenvalue weighted by molar-refractivity contribution is 0.0604. The molecule has 0 unspecified atom stereocenters. The molecule has 2 N–H and O–H groups in total. The fraction of sp³-hybridized carbons (Fsp3) is 0.600. The van der Waals surface area contributed by atoms with Crippen molar-refractivity contribution in [1.29, 1.82) is 0 Å². The van der Waals surface area contributed by atoms with Crippen LogP contribution in [0.3, 0.4) is 0 Å². The van der Waals surface area contributed by atoms with Crippen LogP contribution in [0.2, 0.25) is 0 Å². The Labute approximate surface area is 123 Å². The van der Waals surface area contributed by atoms with Gasteiger partial charge in [0.05, 0.1) is 17.7 Å². The average molecular weight is 295 g/mol. The molecule has 0 bridgehead atoms. The van der Waals surface area contributed by atoms with Crippen LogP contribution in [0.4, 0.5) is 5.00 Å². The van der Waals surface area contributed by atoms with E-state index in [1.54, 1.807) is 0 Å². The fourth-order valence-corrected chi connectivity index (χ4v) is 3.93. The predicted octanol–water partition coefficient (Wildman–Crippen LogP) is 3.61. The molecule has 1 aliphatic carbocycles. The van der Waals surface area contributed by atoms with E-state index in [0.29, 0.717) is 15.4 Å². The monoisotopic (exact) mass is 295 g/mol. The lowest BCUT2D eigenvalue weighted by atomic mass is 9.89. The number of nitrogens with two attached hydrogens (primary N) is 1. The molecule has 0 radical (unpaired) electrons. The molecule has 1 aromatic heterocycles. The van der Waals surface area contributed by atoms with Crippen molar-refractivity contribution in [2.75, 3.05) is 12.8 Å². The quantitative estimate of drug-likeness (QED) is 0.680. The third-order valence-corrected chi connectivity index (χ3v) is 4.89. The minimum atomic E-state index is -0.383. The summed E-state index contributed by atoms with van der Waals surface area (Å²) in [5.41, 5.74) is 7.44. The molecular formula is C15H21NO3S. The Bertz CT molecular complexity index is 527. The van der Waals surface area contributed by atoms with E-state index < -0.39 is 0 Å². The van der Waals surface area contributed by atoms with Crippen molar-refractivity contribution in [1.82, 2.24) is 0 Å². The normalized spacial score (nSPS) is 15.8. The number of esters is 1. The van der Waals surface area contributed by atoms with Crippen LogP contribution in [0, 0.1) is 5.92 Å². The number of ether oxygens (including phenoxy) is 1. The van der Waals surface area contributed by atoms with Crippen molar-refractivity contribution in [2.45, 2.75) is 45.4 Å². The smallest absolute Gasteiger partial charge is 0.348 e. The first-order valence-corrected chi connectivity index (χ1v) is 7.83. The molecule has 0 aromatic carbocycles. The summed E-state index contributed by atoms with van der Waals surface area (Å²) in [5, 5.41) is 0.450. The number of anilines is 1. The van der Waals surface area contributed by atoms with Crippen LogP contribution in [0.1, 0.15) is 71.0 Å². The maximum atomic E-state index is 12.4. The largest absolute Gasteiger partial charge is 0.465 e. The molecular weight excluding hydrogens is 274 g/mol. The second kappa shape index (κ2) is 5.95. The zero-order chi connectivity index (χ0) is 14.9. The number of ketones is 1. The van der Waals surface area contributed by atoms with Gasteiger partial charge in [-0.25, -0.2) is 4.79 Å². The summed E-state index contributed by atoms with van der Waals surface area (Å²) < 4.78 is 4.85. The van der Waals surface area contributed by atoms with E-state index in [0.717, 1.165) is 31.2 Å². The topological polar surface area (TPSA) is 69.4 Å². The van der Waals surface area contributed by atoms with Crippen molar-refractivity contribution in [3.8, 4) is 0 Å². The van der Waals surface area contributed by atoms with Crippen molar-refractivity contribution in [3.05, 3.63) is 16.0 Å². The van der Waals surface area contributed by atoms with E-state index in [4.69, 9.17) is 10.5 Å². The standard InChI is InChI=1S/C15H21NO3S/c1-8(2)12(17)11-10(9-6-4-5-7-9)13(15(18)19-3)20-14(11)16/h8-9H,4-7,16H2,1-3H3. The summed E-state index contributed by atoms with van der Waals surface area (Å²) in [4.78, 5) is 24.9. The summed E-state index contributed by atoms with van der Waals surface area (Å²) in [6.45, 7) is 3.71. The van der Waals surface area contributed by atoms with E-state index in [-0.39, 0.29) is 23.6 Å². The Hall–Kier alpha value is -1.36. The van der Waals surface area contributed by atoms with Crippen molar-refractivity contribution in [3.63, 3.8) is 0 Å². The van der Waals surface area contributed by atoms with E-state index in [2.05, 4.69) is 0 Å². The van der Waals surface area contributed by atoms with Gasteiger partial charge in [0.1, 0.15) is 4.88 Å². The van der Waals surface area contributed by atoms with Gasteiger partial charge in [0.15, 0.2) is 5.78 Å². The van der Waals surface area contributed by atoms with Crippen molar-refractivity contribution in [2.24, 2.45) is 5.92 Å². The van der Waals surface area contributed by atoms with E-state index >= 15 is 0 Å². The highest BCUT2D eigenvalue weighted by Crippen LogP contribution is 2.44. The van der Waals surface area contributed by atoms with E-state index in [1.807, 2.05) is 13.8 Å². The molecule has 5 heteroatoms. The second-order valence-electron chi connectivity index (χ2n) is 5.58. The Morgan fingerprint density at radius 3 is 2.40 bits per heavy atom. The molecule has 1 fully saturated rings. The molecule has 4 nitrogen and oxygen atoms in total. The minimum absolute atomic E-state index is 0.0239. The van der Waals surface area contributed by atoms with Gasteiger partial charge in [-0.3, -0.25) is 4.79 Å². The van der Waals surface area contributed by atoms with Crippen LogP contribution in [0.25, 0.3) is 0 Å². The number of hydrogen-bond donors (Lipinski definition) is 1. The molecule has 1 heterocycles. The number of carbonyl (C=O) groups excluding carboxylic acids is 2. The number of carbonyl (C=O) groups is 2. The van der Waals surface area contributed by atoms with Gasteiger partial charge in [-0.05, 0) is 24.3 Å². The van der Waals surface area contributed by atoms with Crippen molar-refractivity contribution < 1.29 is 14.3 Å². The van der Waals surface area contributed by atoms with Crippen LogP contribution >= 0.6 is 11.3 Å². The number of methoxy groups -OCH3 is 1. The fourth-order valence-electron chi connectivity index (χ4n) is 2.85. The first-order valence-electron chi connectivity index (χ1n) is 7.02. The van der Waals surface area contributed by atoms with Crippen molar-refractivity contribution >= 4 is 28.1 Å². The maximum Gasteiger partial charge on any atom is 0.348 e. The lowest BCUT2D eigenvalue weighted by Gasteiger charge is -2.14. The van der Waals surface area contributed by atoms with Crippen LogP contribution in [-0.4, -0.2) is 18.9 Å². The summed E-state index contributed by atoms with van der Waals surface area (Å²) in [5.74, 6) is -0.227. The van der Waals surface area contributed by atoms with Gasteiger partial charge in [-0.15, -0.1) is 11.3 Å². The number of nitrogen functional groups attached to an aromatic ring is 1. The van der Waals surface area contributed by atoms with Crippen LogP contribution < -0.4 is 5.73 Å². The highest BCUT2D eigenvalue weighted by atomic mass is 32.1. The Morgan fingerprint density at radius 1 is 1.30 bits per heavy atom. The van der Waals surface area contributed by atoms with Gasteiger partial charge >= 0.3 is 5.97 Å². The number of rotatable bonds is 4. The van der Waals surface area contributed by atoms with Gasteiger partial charge in [0.2, 0.25) is 0 Å². The first-order chi connectivity index (χ1) is 9.47. The van der Waals surface area contributed by atoms with Gasteiger partial charge in [-0.1, -0.05) is 26.7 Å². The number of Topliss-reactive ketones (excluding diaryl/α,β-unsaturated/α-hetero) is 1. The molecule has 0 atom stereocenters. The van der Waals surface area contributed by atoms with Gasteiger partial charge < -0.3 is 10.5 Å². The maximum absolute atomic E-state index is 12.4. The Morgan fingerprint density at radius 2 is 1.90 bits per heavy atom. The molecule has 110 valence electrons. The predicted molar refractivity (Wildman–Crippen MR) is 80.4 cm³/mol. The molecule has 2 rings (SSSR count). The van der Waals surface area contributed by atoms with E-state index in [1.165, 1.54) is 18.4 Å². The SMILES string of the molecule is COC(=O)c1sc(N)c(C(=O)C(C)C)c1C1CCCC1. The zero-order valence-corrected chi connectivity index (χ0v) is 13.0. The summed E-state index contributed by atoms with van der Waals surface area (Å²) in [7, 11) is 1.36. The third kappa shape index (κ3) is 2.59. The van der Waals surface area contributed by atoms with E-state index in [9.17, 15) is 9.59 Å². The zero-order valence-electron chi connectivity index (χ0n) is 12.2. The Balaban J connectivity index is 2.57. The Kier molecular flexibility index (Phi) is 4.48. The summed E-state index contributed by atoms with van der Waals surface area (Å²) in [6, 6.07) is 0. The third-order valence-electron chi connectivity index (χ3n) is 3.88. The molecule has 20 heavy (non-hydrogen) atoms. The van der Waals surface area contributed by atoms with Crippen LogP contribution in [-0.2, 0) is 4.74 Å². The highest BCUT2D eigenvalue weighted by molar-refractivity contribution is 7.18. The van der Waals surface area contributed by atoms with Gasteiger partial charge in [0.25, 0.3) is 0 Å². The average Bonchev–Trinajstić information content (AvgIpc) is 3.03. The summed E-state index contributed by atoms with van der Waals surface area (Å²) in [6.07, 6.45) is 4.30. The van der Waals surface area contributed by atoms with Crippen LogP contribution in [0.5, 0.6) is 0 Å². The highest BCUT2D eigenvalue weighted by Gasteiger charge is 2.33. The molecule has 1 aliphatic rings. The lowest BCUT2D eigenvalue weighted by Crippen LogP contribution is -2.14. The molecule has 0 aliphatic heterocycles. The van der Waals surface area contributed by atoms with Gasteiger partial charge in [0, 0.05) is 5.92 Å². The summed E-state index contributed by atoms with van der Waals surface area (Å²) >= 11 is 1.19. The minimum Gasteiger partial charge on any atom is -0.465 e. The molecule has 1 aromatic rings. The van der Waals surface area contributed by atoms with Crippen LogP contribution in [0.15, 0.2) is 0 Å². The number of thiophene rings is 1. The molecule has 0 amide bonds. The molecule has 0 spiro atoms. The molecule has 1 saturated carbocycles. The first kappa shape index (κ1) is 15.0.